The summed E-state index contributed by atoms with van der Waals surface area (Å²) in [6.45, 7) is 4.90. The molecule has 0 saturated carbocycles. The zero-order chi connectivity index (χ0) is 21.1. The predicted molar refractivity (Wildman–Crippen MR) is 114 cm³/mol. The lowest BCUT2D eigenvalue weighted by atomic mass is 9.98. The number of aliphatic hydroxyl groups excluding tert-OH is 1. The highest BCUT2D eigenvalue weighted by atomic mass is 16.5. The Hall–Kier alpha value is -2.97. The van der Waals surface area contributed by atoms with E-state index in [9.17, 15) is 9.90 Å². The third kappa shape index (κ3) is 4.15. The first-order chi connectivity index (χ1) is 14.6. The van der Waals surface area contributed by atoms with Crippen LogP contribution in [-0.2, 0) is 17.7 Å². The molecule has 1 aliphatic rings. The van der Waals surface area contributed by atoms with E-state index in [1.54, 1.807) is 13.1 Å². The fourth-order valence-electron chi connectivity index (χ4n) is 3.96. The van der Waals surface area contributed by atoms with Crippen molar-refractivity contribution in [3.8, 4) is 0 Å². The van der Waals surface area contributed by atoms with E-state index in [0.717, 1.165) is 35.1 Å². The number of hydrogen-bond acceptors (Lipinski definition) is 5. The Morgan fingerprint density at radius 1 is 1.33 bits per heavy atom. The zero-order valence-electron chi connectivity index (χ0n) is 17.2. The van der Waals surface area contributed by atoms with Crippen LogP contribution in [0.25, 0.3) is 10.9 Å². The van der Waals surface area contributed by atoms with Crippen LogP contribution in [0.2, 0.25) is 0 Å². The molecule has 30 heavy (non-hydrogen) atoms. The van der Waals surface area contributed by atoms with E-state index in [4.69, 9.17) is 4.74 Å². The molecule has 0 spiro atoms. The highest BCUT2D eigenvalue weighted by molar-refractivity contribution is 5.92. The van der Waals surface area contributed by atoms with Crippen molar-refractivity contribution in [3.05, 3.63) is 53.9 Å². The highest BCUT2D eigenvalue weighted by Gasteiger charge is 2.30. The molecule has 1 aliphatic heterocycles. The number of hydrogen-bond donors (Lipinski definition) is 3. The Kier molecular flexibility index (Phi) is 5.96. The Bertz CT molecular complexity index is 1020. The van der Waals surface area contributed by atoms with Gasteiger partial charge in [-0.3, -0.25) is 10.00 Å². The maximum Gasteiger partial charge on any atom is 0.320 e. The number of aromatic nitrogens is 3. The van der Waals surface area contributed by atoms with Crippen molar-refractivity contribution in [2.75, 3.05) is 11.9 Å². The normalized spacial score (nSPS) is 21.2. The largest absolute Gasteiger partial charge is 0.391 e. The van der Waals surface area contributed by atoms with Crippen molar-refractivity contribution >= 4 is 22.8 Å². The number of anilines is 1. The van der Waals surface area contributed by atoms with Crippen LogP contribution in [0.1, 0.15) is 37.6 Å². The van der Waals surface area contributed by atoms with Gasteiger partial charge in [-0.1, -0.05) is 30.3 Å². The van der Waals surface area contributed by atoms with Crippen molar-refractivity contribution < 1.29 is 14.6 Å². The van der Waals surface area contributed by atoms with Crippen LogP contribution in [-0.4, -0.2) is 44.7 Å². The number of carbonyl (C=O) groups is 1. The van der Waals surface area contributed by atoms with Crippen molar-refractivity contribution in [1.82, 2.24) is 20.1 Å². The number of benzene rings is 1. The van der Waals surface area contributed by atoms with E-state index in [2.05, 4.69) is 20.7 Å². The first kappa shape index (κ1) is 20.3. The number of aliphatic hydroxyl groups is 1. The summed E-state index contributed by atoms with van der Waals surface area (Å²) >= 11 is 0. The number of rotatable bonds is 3. The molecule has 0 aliphatic carbocycles. The molecule has 0 unspecified atom stereocenters. The third-order valence-corrected chi connectivity index (χ3v) is 5.35. The lowest BCUT2D eigenvalue weighted by Gasteiger charge is -2.31. The van der Waals surface area contributed by atoms with E-state index in [1.807, 2.05) is 48.0 Å². The Balaban J connectivity index is 1.70. The smallest absolute Gasteiger partial charge is 0.320 e. The van der Waals surface area contributed by atoms with Crippen molar-refractivity contribution in [2.45, 2.75) is 51.5 Å². The van der Waals surface area contributed by atoms with Crippen molar-refractivity contribution in [2.24, 2.45) is 0 Å². The number of pyridine rings is 1. The van der Waals surface area contributed by atoms with Crippen molar-refractivity contribution in [1.29, 1.82) is 0 Å². The molecular weight excluding hydrogens is 382 g/mol. The average Bonchev–Trinajstić information content (AvgIpc) is 3.15. The van der Waals surface area contributed by atoms with Crippen LogP contribution in [0.4, 0.5) is 10.6 Å². The van der Waals surface area contributed by atoms with Gasteiger partial charge in [-0.15, -0.1) is 0 Å². The highest BCUT2D eigenvalue weighted by Crippen LogP contribution is 2.26. The number of carbonyl (C=O) groups excluding carboxylic acids is 1. The molecule has 8 nitrogen and oxygen atoms in total. The molecule has 3 atom stereocenters. The second-order valence-electron chi connectivity index (χ2n) is 7.52. The monoisotopic (exact) mass is 409 g/mol. The second kappa shape index (κ2) is 8.81. The summed E-state index contributed by atoms with van der Waals surface area (Å²) in [7, 11) is 0. The molecule has 1 aromatic carbocycles. The first-order valence-corrected chi connectivity index (χ1v) is 10.3. The molecule has 2 amide bonds. The summed E-state index contributed by atoms with van der Waals surface area (Å²) in [5.41, 5.74) is 2.72. The molecular formula is C22H27N5O3. The van der Waals surface area contributed by atoms with Crippen LogP contribution in [0, 0.1) is 0 Å². The summed E-state index contributed by atoms with van der Waals surface area (Å²) < 4.78 is 7.99. The lowest BCUT2D eigenvalue weighted by Crippen LogP contribution is -2.44. The quantitative estimate of drug-likeness (QED) is 0.617. The first-order valence-electron chi connectivity index (χ1n) is 10.3. The molecule has 2 bridgehead atoms. The molecule has 3 aromatic rings. The number of ether oxygens (including phenoxy) is 1. The summed E-state index contributed by atoms with van der Waals surface area (Å²) in [5.74, 6) is 0.479. The standard InChI is InChI=1S/C22H27N5O3/c1-3-27-20-16(13-23-27)12-18-24-17(20)10-7-11-30-21(14(2)28)19(26-22(29)25-18)15-8-5-4-6-9-15/h4-6,8-9,12-14,19,21,28H,3,7,10-11H2,1-2H3,(H2,24,25,26,29)/t14-,19-,21+/m0/s1. The Morgan fingerprint density at radius 3 is 2.87 bits per heavy atom. The van der Waals surface area contributed by atoms with E-state index in [-0.39, 0.29) is 0 Å². The van der Waals surface area contributed by atoms with E-state index >= 15 is 0 Å². The SMILES string of the molecule is CCn1ncc2cc3nc(c21)CCCO[C@H]([C@H](C)O)[C@H](c1ccccc1)NC(=O)N3. The molecule has 0 fully saturated rings. The van der Waals surface area contributed by atoms with Crippen LogP contribution < -0.4 is 10.6 Å². The average molecular weight is 409 g/mol. The predicted octanol–water partition coefficient (Wildman–Crippen LogP) is 3.03. The third-order valence-electron chi connectivity index (χ3n) is 5.35. The van der Waals surface area contributed by atoms with Gasteiger partial charge in [0, 0.05) is 18.5 Å². The number of aryl methyl sites for hydroxylation is 2. The van der Waals surface area contributed by atoms with Crippen molar-refractivity contribution in [3.63, 3.8) is 0 Å². The van der Waals surface area contributed by atoms with E-state index in [1.165, 1.54) is 0 Å². The van der Waals surface area contributed by atoms with Gasteiger partial charge >= 0.3 is 6.03 Å². The molecule has 158 valence electrons. The minimum Gasteiger partial charge on any atom is -0.391 e. The number of amides is 2. The Morgan fingerprint density at radius 2 is 2.13 bits per heavy atom. The second-order valence-corrected chi connectivity index (χ2v) is 7.52. The molecule has 8 heteroatoms. The number of fused-ring (bicyclic) bond motifs is 4. The van der Waals surface area contributed by atoms with Gasteiger partial charge in [-0.2, -0.15) is 5.10 Å². The summed E-state index contributed by atoms with van der Waals surface area (Å²) in [5, 5.41) is 21.6. The van der Waals surface area contributed by atoms with Gasteiger partial charge in [-0.25, -0.2) is 9.78 Å². The van der Waals surface area contributed by atoms with E-state index in [0.29, 0.717) is 18.8 Å². The molecule has 2 aromatic heterocycles. The molecule has 3 heterocycles. The molecule has 0 saturated heterocycles. The van der Waals surface area contributed by atoms with E-state index < -0.39 is 24.3 Å². The van der Waals surface area contributed by atoms with Gasteiger partial charge in [0.25, 0.3) is 0 Å². The van der Waals surface area contributed by atoms with Gasteiger partial charge < -0.3 is 15.2 Å². The van der Waals surface area contributed by atoms with Gasteiger partial charge in [-0.05, 0) is 38.3 Å². The molecule has 4 rings (SSSR count). The number of nitrogens with one attached hydrogen (secondary N) is 2. The molecule has 0 radical (unpaired) electrons. The maximum atomic E-state index is 12.8. The zero-order valence-corrected chi connectivity index (χ0v) is 17.2. The Labute approximate surface area is 175 Å². The van der Waals surface area contributed by atoms with Gasteiger partial charge in [0.2, 0.25) is 0 Å². The number of urea groups is 1. The topological polar surface area (TPSA) is 101 Å². The summed E-state index contributed by atoms with van der Waals surface area (Å²) in [6, 6.07) is 10.5. The van der Waals surface area contributed by atoms with Crippen LogP contribution in [0.3, 0.4) is 0 Å². The van der Waals surface area contributed by atoms with Crippen LogP contribution in [0.15, 0.2) is 42.6 Å². The van der Waals surface area contributed by atoms with Gasteiger partial charge in [0.05, 0.1) is 29.6 Å². The molecule has 3 N–H and O–H groups in total. The number of nitrogens with zero attached hydrogens (tertiary/aromatic N) is 3. The summed E-state index contributed by atoms with van der Waals surface area (Å²) in [6.07, 6.45) is 1.87. The lowest BCUT2D eigenvalue weighted by molar-refractivity contribution is -0.0485. The minimum absolute atomic E-state index is 0.403. The maximum absolute atomic E-state index is 12.8. The summed E-state index contributed by atoms with van der Waals surface area (Å²) in [4.78, 5) is 17.5. The minimum atomic E-state index is -0.761. The van der Waals surface area contributed by atoms with Gasteiger partial charge in [0.15, 0.2) is 0 Å². The van der Waals surface area contributed by atoms with Gasteiger partial charge in [0.1, 0.15) is 11.9 Å². The fourth-order valence-corrected chi connectivity index (χ4v) is 3.96. The van der Waals surface area contributed by atoms with Crippen LogP contribution >= 0.6 is 0 Å². The fraction of sp³-hybridized carbons (Fsp3) is 0.409. The van der Waals surface area contributed by atoms with Crippen LogP contribution in [0.5, 0.6) is 0 Å².